The van der Waals surface area contributed by atoms with Crippen LogP contribution in [-0.2, 0) is 23.2 Å². The molecule has 0 radical (unpaired) electrons. The molecule has 0 atom stereocenters. The Morgan fingerprint density at radius 2 is 2.04 bits per heavy atom. The third-order valence-corrected chi connectivity index (χ3v) is 6.18. The van der Waals surface area contributed by atoms with Crippen molar-refractivity contribution in [2.75, 3.05) is 6.61 Å². The Morgan fingerprint density at radius 3 is 2.65 bits per heavy atom. The molecule has 126 valence electrons. The number of fused-ring (bicyclic) bond motifs is 1. The predicted molar refractivity (Wildman–Crippen MR) is 102 cm³/mol. The zero-order valence-corrected chi connectivity index (χ0v) is 16.9. The smallest absolute Gasteiger partial charge is 0.256 e. The monoisotopic (exact) mass is 396 g/mol. The summed E-state index contributed by atoms with van der Waals surface area (Å²) in [5, 5.41) is 0.718. The molecule has 0 aliphatic carbocycles. The van der Waals surface area contributed by atoms with Gasteiger partial charge in [0.05, 0.1) is 11.0 Å². The van der Waals surface area contributed by atoms with Crippen LogP contribution in [0.2, 0.25) is 25.7 Å². The number of ether oxygens (including phenoxy) is 1. The Balaban J connectivity index is 2.34. The summed E-state index contributed by atoms with van der Waals surface area (Å²) < 4.78 is 7.54. The number of pyridine rings is 2. The molecule has 2 aromatic heterocycles. The van der Waals surface area contributed by atoms with E-state index in [0.717, 1.165) is 33.5 Å². The van der Waals surface area contributed by atoms with Crippen LogP contribution in [0, 0.1) is 0 Å². The van der Waals surface area contributed by atoms with Crippen LogP contribution in [-0.4, -0.2) is 24.2 Å². The minimum atomic E-state index is -1.13. The van der Waals surface area contributed by atoms with Crippen molar-refractivity contribution < 1.29 is 4.74 Å². The molecule has 0 unspecified atom stereocenters. The molecule has 0 saturated heterocycles. The molecule has 2 heterocycles. The normalized spacial score (nSPS) is 12.0. The van der Waals surface area contributed by atoms with Gasteiger partial charge in [0.1, 0.15) is 6.73 Å². The van der Waals surface area contributed by atoms with Crippen molar-refractivity contribution in [1.29, 1.82) is 0 Å². The van der Waals surface area contributed by atoms with Gasteiger partial charge in [-0.05, 0) is 30.2 Å². The lowest BCUT2D eigenvalue weighted by molar-refractivity contribution is 0.0877. The maximum atomic E-state index is 12.7. The first-order chi connectivity index (χ1) is 10.9. The van der Waals surface area contributed by atoms with Gasteiger partial charge in [-0.3, -0.25) is 14.3 Å². The van der Waals surface area contributed by atoms with Gasteiger partial charge in [-0.1, -0.05) is 42.5 Å². The molecule has 0 saturated carbocycles. The number of hydrogen-bond donors (Lipinski definition) is 0. The van der Waals surface area contributed by atoms with Gasteiger partial charge in [0.2, 0.25) is 0 Å². The first kappa shape index (κ1) is 18.4. The van der Waals surface area contributed by atoms with Crippen LogP contribution in [0.4, 0.5) is 0 Å². The van der Waals surface area contributed by atoms with Gasteiger partial charge >= 0.3 is 0 Å². The van der Waals surface area contributed by atoms with Gasteiger partial charge in [0.25, 0.3) is 5.56 Å². The van der Waals surface area contributed by atoms with E-state index in [-0.39, 0.29) is 5.56 Å². The van der Waals surface area contributed by atoms with E-state index in [9.17, 15) is 4.79 Å². The molecule has 2 aromatic rings. The van der Waals surface area contributed by atoms with Crippen molar-refractivity contribution in [3.63, 3.8) is 0 Å². The summed E-state index contributed by atoms with van der Waals surface area (Å²) >= 11 is 3.45. The van der Waals surface area contributed by atoms with Crippen molar-refractivity contribution >= 4 is 35.0 Å². The zero-order valence-electron chi connectivity index (χ0n) is 14.4. The molecule has 6 heteroatoms. The molecule has 0 aromatic carbocycles. The van der Waals surface area contributed by atoms with Crippen LogP contribution in [0.25, 0.3) is 11.0 Å². The number of nitrogens with zero attached hydrogens (tertiary/aromatic N) is 2. The highest BCUT2D eigenvalue weighted by molar-refractivity contribution is 9.08. The molecule has 2 rings (SSSR count). The molecule has 0 aliphatic rings. The van der Waals surface area contributed by atoms with Gasteiger partial charge in [0, 0.05) is 31.8 Å². The Bertz CT molecular complexity index is 738. The molecule has 0 amide bonds. The molecule has 0 bridgehead atoms. The largest absolute Gasteiger partial charge is 0.361 e. The van der Waals surface area contributed by atoms with E-state index in [0.29, 0.717) is 19.8 Å². The van der Waals surface area contributed by atoms with E-state index < -0.39 is 8.07 Å². The van der Waals surface area contributed by atoms with Crippen LogP contribution in [0.1, 0.15) is 18.1 Å². The highest BCUT2D eigenvalue weighted by atomic mass is 79.9. The first-order valence-electron chi connectivity index (χ1n) is 8.01. The number of hydrogen-bond acceptors (Lipinski definition) is 3. The lowest BCUT2D eigenvalue weighted by Gasteiger charge is -2.17. The summed E-state index contributed by atoms with van der Waals surface area (Å²) in [5.74, 6) is 0. The second-order valence-corrected chi connectivity index (χ2v) is 13.2. The summed E-state index contributed by atoms with van der Waals surface area (Å²) in [4.78, 5) is 17.1. The molecule has 0 fully saturated rings. The highest BCUT2D eigenvalue weighted by Crippen LogP contribution is 2.16. The molecule has 4 nitrogen and oxygen atoms in total. The van der Waals surface area contributed by atoms with Crippen molar-refractivity contribution in [2.24, 2.45) is 0 Å². The zero-order chi connectivity index (χ0) is 17.0. The third kappa shape index (κ3) is 4.75. The summed E-state index contributed by atoms with van der Waals surface area (Å²) in [5.41, 5.74) is 3.56. The van der Waals surface area contributed by atoms with E-state index >= 15 is 0 Å². The van der Waals surface area contributed by atoms with Gasteiger partial charge in [-0.15, -0.1) is 0 Å². The van der Waals surface area contributed by atoms with Crippen LogP contribution < -0.4 is 5.56 Å². The summed E-state index contributed by atoms with van der Waals surface area (Å²) in [6, 6.07) is 5.01. The summed E-state index contributed by atoms with van der Waals surface area (Å²) in [6.07, 6.45) is 2.54. The predicted octanol–water partition coefficient (Wildman–Crippen LogP) is 4.17. The summed E-state index contributed by atoms with van der Waals surface area (Å²) in [6.45, 7) is 9.95. The van der Waals surface area contributed by atoms with Crippen molar-refractivity contribution in [2.45, 2.75) is 51.1 Å². The minimum Gasteiger partial charge on any atom is -0.361 e. The fourth-order valence-electron chi connectivity index (χ4n) is 2.33. The van der Waals surface area contributed by atoms with E-state index in [1.165, 1.54) is 0 Å². The quantitative estimate of drug-likeness (QED) is 0.400. The first-order valence-corrected chi connectivity index (χ1v) is 12.8. The Kier molecular flexibility index (Phi) is 6.17. The third-order valence-electron chi connectivity index (χ3n) is 3.83. The average Bonchev–Trinajstić information content (AvgIpc) is 2.51. The van der Waals surface area contributed by atoms with Crippen molar-refractivity contribution in [3.05, 3.63) is 39.8 Å². The van der Waals surface area contributed by atoms with Gasteiger partial charge in [-0.2, -0.15) is 0 Å². The van der Waals surface area contributed by atoms with E-state index in [1.807, 2.05) is 25.3 Å². The van der Waals surface area contributed by atoms with Crippen LogP contribution in [0.15, 0.2) is 23.1 Å². The molecular formula is C17H25BrN2O2Si. The molecule has 23 heavy (non-hydrogen) atoms. The number of halogens is 1. The van der Waals surface area contributed by atoms with Gasteiger partial charge < -0.3 is 4.74 Å². The number of aryl methyl sites for hydroxylation is 1. The van der Waals surface area contributed by atoms with Gasteiger partial charge in [-0.25, -0.2) is 0 Å². The average molecular weight is 397 g/mol. The van der Waals surface area contributed by atoms with Crippen molar-refractivity contribution in [3.8, 4) is 0 Å². The lowest BCUT2D eigenvalue weighted by Crippen LogP contribution is -2.27. The fraction of sp³-hybridized carbons (Fsp3) is 0.529. The molecule has 0 aliphatic heterocycles. The number of alkyl halides is 1. The molecular weight excluding hydrogens is 372 g/mol. The Labute approximate surface area is 147 Å². The number of aromatic nitrogens is 2. The number of rotatable bonds is 7. The highest BCUT2D eigenvalue weighted by Gasteiger charge is 2.13. The maximum Gasteiger partial charge on any atom is 0.256 e. The Hall–Kier alpha value is -0.983. The van der Waals surface area contributed by atoms with E-state index in [2.05, 4.69) is 40.6 Å². The van der Waals surface area contributed by atoms with E-state index in [1.54, 1.807) is 4.57 Å². The summed E-state index contributed by atoms with van der Waals surface area (Å²) in [7, 11) is -1.13. The van der Waals surface area contributed by atoms with Crippen LogP contribution in [0.5, 0.6) is 0 Å². The van der Waals surface area contributed by atoms with E-state index in [4.69, 9.17) is 4.74 Å². The Morgan fingerprint density at radius 1 is 1.30 bits per heavy atom. The molecule has 0 spiro atoms. The standard InChI is InChI=1S/C17H25BrN2O2Si/c1-5-14-9-15-16(8-13(10-18)11-19-15)20(17(14)21)12-22-6-7-23(2,3)4/h8-9,11H,5-7,10,12H2,1-4H3. The topological polar surface area (TPSA) is 44.1 Å². The lowest BCUT2D eigenvalue weighted by atomic mass is 10.1. The maximum absolute atomic E-state index is 12.7. The SMILES string of the molecule is CCc1cc2ncc(CBr)cc2n(COCC[Si](C)(C)C)c1=O. The fourth-order valence-corrected chi connectivity index (χ4v) is 3.39. The molecule has 0 N–H and O–H groups in total. The second-order valence-electron chi connectivity index (χ2n) is 6.99. The van der Waals surface area contributed by atoms with Crippen LogP contribution >= 0.6 is 15.9 Å². The van der Waals surface area contributed by atoms with Crippen molar-refractivity contribution in [1.82, 2.24) is 9.55 Å². The minimum absolute atomic E-state index is 0.0292. The van der Waals surface area contributed by atoms with Crippen LogP contribution in [0.3, 0.4) is 0 Å². The van der Waals surface area contributed by atoms with Gasteiger partial charge in [0.15, 0.2) is 0 Å². The second kappa shape index (κ2) is 7.72.